The third-order valence-electron chi connectivity index (χ3n) is 3.80. The molecule has 0 bridgehead atoms. The average Bonchev–Trinajstić information content (AvgIpc) is 2.54. The van der Waals surface area contributed by atoms with E-state index in [-0.39, 0.29) is 24.4 Å². The summed E-state index contributed by atoms with van der Waals surface area (Å²) in [5.41, 5.74) is 1.17. The standard InChI is InChI=1S/C18H16F2N2O3/c1-10-17(23)22-15-4-2-3-14(16(15)25-10)18(24)21-6-5-11-7-12(19)9-13(20)8-11/h2-4,7-10H,5-6H2,1H3,(H,21,24)(H,22,23). The van der Waals surface area contributed by atoms with Crippen molar-refractivity contribution in [2.24, 2.45) is 0 Å². The lowest BCUT2D eigenvalue weighted by molar-refractivity contribution is -0.122. The molecule has 2 amide bonds. The van der Waals surface area contributed by atoms with E-state index >= 15 is 0 Å². The van der Waals surface area contributed by atoms with Crippen molar-refractivity contribution in [1.82, 2.24) is 5.32 Å². The fourth-order valence-electron chi connectivity index (χ4n) is 2.58. The molecule has 1 unspecified atom stereocenters. The van der Waals surface area contributed by atoms with Crippen molar-refractivity contribution in [2.45, 2.75) is 19.4 Å². The monoisotopic (exact) mass is 346 g/mol. The molecule has 2 aromatic carbocycles. The van der Waals surface area contributed by atoms with Crippen LogP contribution >= 0.6 is 0 Å². The van der Waals surface area contributed by atoms with Crippen LogP contribution in [-0.2, 0) is 11.2 Å². The van der Waals surface area contributed by atoms with E-state index in [1.54, 1.807) is 25.1 Å². The molecule has 0 fully saturated rings. The van der Waals surface area contributed by atoms with Gasteiger partial charge in [-0.25, -0.2) is 8.78 Å². The maximum Gasteiger partial charge on any atom is 0.265 e. The molecule has 0 radical (unpaired) electrons. The summed E-state index contributed by atoms with van der Waals surface area (Å²) in [6, 6.07) is 8.10. The summed E-state index contributed by atoms with van der Waals surface area (Å²) < 4.78 is 31.8. The van der Waals surface area contributed by atoms with E-state index in [2.05, 4.69) is 10.6 Å². The topological polar surface area (TPSA) is 67.4 Å². The first-order valence-electron chi connectivity index (χ1n) is 7.78. The Morgan fingerprint density at radius 1 is 1.24 bits per heavy atom. The zero-order chi connectivity index (χ0) is 18.0. The molecule has 5 nitrogen and oxygen atoms in total. The Morgan fingerprint density at radius 2 is 1.96 bits per heavy atom. The van der Waals surface area contributed by atoms with Crippen LogP contribution in [0, 0.1) is 11.6 Å². The normalized spacial score (nSPS) is 15.8. The largest absolute Gasteiger partial charge is 0.478 e. The second kappa shape index (κ2) is 6.88. The predicted octanol–water partition coefficient (Wildman–Crippen LogP) is 2.66. The van der Waals surface area contributed by atoms with Crippen molar-refractivity contribution < 1.29 is 23.1 Å². The number of carbonyl (C=O) groups excluding carboxylic acids is 2. The van der Waals surface area contributed by atoms with Gasteiger partial charge in [-0.05, 0) is 43.2 Å². The van der Waals surface area contributed by atoms with Gasteiger partial charge in [0.1, 0.15) is 11.6 Å². The van der Waals surface area contributed by atoms with Gasteiger partial charge in [-0.3, -0.25) is 9.59 Å². The molecule has 2 aromatic rings. The number of benzene rings is 2. The molecule has 1 aliphatic heterocycles. The second-order valence-electron chi connectivity index (χ2n) is 5.72. The van der Waals surface area contributed by atoms with E-state index in [4.69, 9.17) is 4.74 Å². The Balaban J connectivity index is 1.68. The van der Waals surface area contributed by atoms with Gasteiger partial charge in [0.05, 0.1) is 11.3 Å². The number of ether oxygens (including phenoxy) is 1. The predicted molar refractivity (Wildman–Crippen MR) is 87.6 cm³/mol. The van der Waals surface area contributed by atoms with Crippen LogP contribution in [0.5, 0.6) is 5.75 Å². The molecular weight excluding hydrogens is 330 g/mol. The third-order valence-corrected chi connectivity index (χ3v) is 3.80. The molecule has 1 aliphatic rings. The molecule has 25 heavy (non-hydrogen) atoms. The van der Waals surface area contributed by atoms with E-state index in [1.807, 2.05) is 0 Å². The molecule has 1 heterocycles. The number of nitrogens with one attached hydrogen (secondary N) is 2. The number of anilines is 1. The van der Waals surface area contributed by atoms with E-state index in [0.29, 0.717) is 17.0 Å². The van der Waals surface area contributed by atoms with Gasteiger partial charge < -0.3 is 15.4 Å². The molecule has 1 atom stereocenters. The fourth-order valence-corrected chi connectivity index (χ4v) is 2.58. The van der Waals surface area contributed by atoms with E-state index < -0.39 is 23.6 Å². The zero-order valence-electron chi connectivity index (χ0n) is 13.4. The number of para-hydroxylation sites is 1. The Bertz CT molecular complexity index is 819. The van der Waals surface area contributed by atoms with E-state index in [9.17, 15) is 18.4 Å². The molecular formula is C18H16F2N2O3. The fraction of sp³-hybridized carbons (Fsp3) is 0.222. The van der Waals surface area contributed by atoms with Crippen LogP contribution in [0.25, 0.3) is 0 Å². The maximum atomic E-state index is 13.2. The first-order chi connectivity index (χ1) is 11.9. The Morgan fingerprint density at radius 3 is 2.68 bits per heavy atom. The van der Waals surface area contributed by atoms with Crippen LogP contribution in [0.3, 0.4) is 0 Å². The molecule has 130 valence electrons. The number of hydrogen-bond acceptors (Lipinski definition) is 3. The number of carbonyl (C=O) groups is 2. The first kappa shape index (κ1) is 16.9. The van der Waals surface area contributed by atoms with Crippen LogP contribution in [0.1, 0.15) is 22.8 Å². The van der Waals surface area contributed by atoms with Crippen molar-refractivity contribution in [1.29, 1.82) is 0 Å². The van der Waals surface area contributed by atoms with Crippen molar-refractivity contribution >= 4 is 17.5 Å². The number of hydrogen-bond donors (Lipinski definition) is 2. The van der Waals surface area contributed by atoms with Crippen molar-refractivity contribution in [3.05, 3.63) is 59.2 Å². The molecule has 0 aromatic heterocycles. The summed E-state index contributed by atoms with van der Waals surface area (Å²) in [4.78, 5) is 24.0. The van der Waals surface area contributed by atoms with Crippen LogP contribution in [0.2, 0.25) is 0 Å². The van der Waals surface area contributed by atoms with Gasteiger partial charge in [0, 0.05) is 12.6 Å². The van der Waals surface area contributed by atoms with Gasteiger partial charge in [0.15, 0.2) is 11.9 Å². The lowest BCUT2D eigenvalue weighted by Crippen LogP contribution is -2.36. The highest BCUT2D eigenvalue weighted by Gasteiger charge is 2.27. The molecule has 2 N–H and O–H groups in total. The van der Waals surface area contributed by atoms with Gasteiger partial charge >= 0.3 is 0 Å². The zero-order valence-corrected chi connectivity index (χ0v) is 13.4. The van der Waals surface area contributed by atoms with Crippen molar-refractivity contribution in [3.8, 4) is 5.75 Å². The Hall–Kier alpha value is -2.96. The molecule has 0 spiro atoms. The molecule has 0 saturated carbocycles. The smallest absolute Gasteiger partial charge is 0.265 e. The number of halogens is 2. The SMILES string of the molecule is CC1Oc2c(cccc2C(=O)NCCc2cc(F)cc(F)c2)NC1=O. The number of amides is 2. The third kappa shape index (κ3) is 3.76. The summed E-state index contributed by atoms with van der Waals surface area (Å²) in [6.45, 7) is 1.79. The maximum absolute atomic E-state index is 13.2. The Labute approximate surface area is 143 Å². The van der Waals surface area contributed by atoms with Crippen molar-refractivity contribution in [3.63, 3.8) is 0 Å². The highest BCUT2D eigenvalue weighted by Crippen LogP contribution is 2.33. The van der Waals surface area contributed by atoms with Gasteiger partial charge in [-0.2, -0.15) is 0 Å². The van der Waals surface area contributed by atoms with Crippen LogP contribution in [0.15, 0.2) is 36.4 Å². The minimum absolute atomic E-state index is 0.202. The van der Waals surface area contributed by atoms with Gasteiger partial charge in [0.2, 0.25) is 0 Å². The highest BCUT2D eigenvalue weighted by molar-refractivity contribution is 6.03. The minimum atomic E-state index is -0.697. The first-order valence-corrected chi connectivity index (χ1v) is 7.78. The number of rotatable bonds is 4. The average molecular weight is 346 g/mol. The lowest BCUT2D eigenvalue weighted by atomic mass is 10.1. The summed E-state index contributed by atoms with van der Waals surface area (Å²) in [5, 5.41) is 5.36. The van der Waals surface area contributed by atoms with Crippen LogP contribution < -0.4 is 15.4 Å². The number of fused-ring (bicyclic) bond motifs is 1. The molecule has 7 heteroatoms. The van der Waals surface area contributed by atoms with Gasteiger partial charge in [-0.15, -0.1) is 0 Å². The minimum Gasteiger partial charge on any atom is -0.478 e. The summed E-state index contributed by atoms with van der Waals surface area (Å²) in [5.74, 6) is -1.67. The lowest BCUT2D eigenvalue weighted by Gasteiger charge is -2.25. The quantitative estimate of drug-likeness (QED) is 0.894. The summed E-state index contributed by atoms with van der Waals surface area (Å²) >= 11 is 0. The Kier molecular flexibility index (Phi) is 4.65. The molecule has 3 rings (SSSR count). The van der Waals surface area contributed by atoms with Crippen LogP contribution in [-0.4, -0.2) is 24.5 Å². The van der Waals surface area contributed by atoms with Crippen LogP contribution in [0.4, 0.5) is 14.5 Å². The molecule has 0 aliphatic carbocycles. The van der Waals surface area contributed by atoms with Gasteiger partial charge in [-0.1, -0.05) is 6.07 Å². The summed E-state index contributed by atoms with van der Waals surface area (Å²) in [7, 11) is 0. The van der Waals surface area contributed by atoms with E-state index in [0.717, 1.165) is 6.07 Å². The van der Waals surface area contributed by atoms with E-state index in [1.165, 1.54) is 12.1 Å². The summed E-state index contributed by atoms with van der Waals surface area (Å²) in [6.07, 6.45) is -0.416. The molecule has 0 saturated heterocycles. The highest BCUT2D eigenvalue weighted by atomic mass is 19.1. The second-order valence-corrected chi connectivity index (χ2v) is 5.72. The van der Waals surface area contributed by atoms with Gasteiger partial charge in [0.25, 0.3) is 11.8 Å². The van der Waals surface area contributed by atoms with Crippen molar-refractivity contribution in [2.75, 3.05) is 11.9 Å².